The molecule has 20 heavy (non-hydrogen) atoms. The second-order valence-electron chi connectivity index (χ2n) is 3.86. The van der Waals surface area contributed by atoms with Crippen molar-refractivity contribution in [3.8, 4) is 23.0 Å². The highest BCUT2D eigenvalue weighted by molar-refractivity contribution is 5.59. The van der Waals surface area contributed by atoms with Gasteiger partial charge < -0.3 is 26.4 Å². The number of phenols is 2. The largest absolute Gasteiger partial charge is 0.506 e. The lowest BCUT2D eigenvalue weighted by atomic mass is 10.2. The van der Waals surface area contributed by atoms with Crippen molar-refractivity contribution in [2.45, 2.75) is 0 Å². The van der Waals surface area contributed by atoms with Gasteiger partial charge in [0.15, 0.2) is 11.6 Å². The van der Waals surface area contributed by atoms with Gasteiger partial charge in [0.2, 0.25) is 17.4 Å². The molecule has 2 aromatic rings. The summed E-state index contributed by atoms with van der Waals surface area (Å²) >= 11 is 0. The Kier molecular flexibility index (Phi) is 3.23. The van der Waals surface area contributed by atoms with Gasteiger partial charge >= 0.3 is 0 Å². The fourth-order valence-electron chi connectivity index (χ4n) is 1.44. The second-order valence-corrected chi connectivity index (χ2v) is 3.86. The van der Waals surface area contributed by atoms with Crippen molar-refractivity contribution in [2.75, 3.05) is 11.5 Å². The monoisotopic (exact) mass is 286 g/mol. The Morgan fingerprint density at radius 2 is 1.60 bits per heavy atom. The Labute approximate surface area is 110 Å². The Bertz CT molecular complexity index is 663. The standard InChI is InChI=1S/C12H9F3N2O3/c13-7-8(14)12(9(15)11(19)10(7)17)20-4-1-2-5(16)6(18)3-4/h1-3,18-19H,16-17H2. The highest BCUT2D eigenvalue weighted by atomic mass is 19.2. The molecular weight excluding hydrogens is 277 g/mol. The highest BCUT2D eigenvalue weighted by Gasteiger charge is 2.25. The number of ether oxygens (including phenoxy) is 1. The summed E-state index contributed by atoms with van der Waals surface area (Å²) in [5.41, 5.74) is 9.27. The van der Waals surface area contributed by atoms with Crippen LogP contribution in [0.5, 0.6) is 23.0 Å². The maximum atomic E-state index is 13.6. The summed E-state index contributed by atoms with van der Waals surface area (Å²) in [6, 6.07) is 3.38. The van der Waals surface area contributed by atoms with Crippen LogP contribution in [0.4, 0.5) is 24.5 Å². The number of anilines is 2. The van der Waals surface area contributed by atoms with Gasteiger partial charge in [0.1, 0.15) is 17.2 Å². The second kappa shape index (κ2) is 4.72. The van der Waals surface area contributed by atoms with Crippen molar-refractivity contribution in [1.82, 2.24) is 0 Å². The number of nitrogens with two attached hydrogens (primary N) is 2. The number of hydrogen-bond donors (Lipinski definition) is 4. The van der Waals surface area contributed by atoms with Gasteiger partial charge in [-0.1, -0.05) is 0 Å². The highest BCUT2D eigenvalue weighted by Crippen LogP contribution is 2.39. The first-order chi connectivity index (χ1) is 9.32. The van der Waals surface area contributed by atoms with E-state index in [2.05, 4.69) is 0 Å². The van der Waals surface area contributed by atoms with Crippen LogP contribution in [-0.2, 0) is 0 Å². The van der Waals surface area contributed by atoms with Crippen LogP contribution in [0.15, 0.2) is 18.2 Å². The van der Waals surface area contributed by atoms with E-state index >= 15 is 0 Å². The molecule has 0 spiro atoms. The average Bonchev–Trinajstić information content (AvgIpc) is 2.43. The lowest BCUT2D eigenvalue weighted by Gasteiger charge is -2.12. The van der Waals surface area contributed by atoms with E-state index in [1.807, 2.05) is 0 Å². The summed E-state index contributed by atoms with van der Waals surface area (Å²) < 4.78 is 45.2. The van der Waals surface area contributed by atoms with Crippen LogP contribution in [0.3, 0.4) is 0 Å². The molecule has 0 aliphatic rings. The summed E-state index contributed by atoms with van der Waals surface area (Å²) in [5, 5.41) is 18.5. The van der Waals surface area contributed by atoms with Crippen LogP contribution >= 0.6 is 0 Å². The van der Waals surface area contributed by atoms with Crippen LogP contribution in [0, 0.1) is 17.5 Å². The molecule has 0 bridgehead atoms. The zero-order valence-corrected chi connectivity index (χ0v) is 9.82. The molecular formula is C12H9F3N2O3. The first kappa shape index (κ1) is 13.7. The van der Waals surface area contributed by atoms with Gasteiger partial charge in [-0.3, -0.25) is 0 Å². The van der Waals surface area contributed by atoms with Gasteiger partial charge in [0.05, 0.1) is 5.69 Å². The fraction of sp³-hybridized carbons (Fsp3) is 0. The maximum Gasteiger partial charge on any atom is 0.212 e. The van der Waals surface area contributed by atoms with Gasteiger partial charge in [-0.2, -0.15) is 8.78 Å². The Morgan fingerprint density at radius 1 is 0.950 bits per heavy atom. The molecule has 5 nitrogen and oxygen atoms in total. The zero-order chi connectivity index (χ0) is 15.0. The van der Waals surface area contributed by atoms with E-state index < -0.39 is 34.6 Å². The minimum absolute atomic E-state index is 0.0182. The van der Waals surface area contributed by atoms with Gasteiger partial charge in [-0.15, -0.1) is 0 Å². The molecule has 0 aromatic heterocycles. The van der Waals surface area contributed by atoms with E-state index in [1.165, 1.54) is 12.1 Å². The van der Waals surface area contributed by atoms with Crippen molar-refractivity contribution in [2.24, 2.45) is 0 Å². The summed E-state index contributed by atoms with van der Waals surface area (Å²) in [7, 11) is 0. The number of hydrogen-bond acceptors (Lipinski definition) is 5. The van der Waals surface area contributed by atoms with E-state index in [9.17, 15) is 23.4 Å². The lowest BCUT2D eigenvalue weighted by molar-refractivity contribution is 0.359. The third-order valence-corrected chi connectivity index (χ3v) is 2.51. The van der Waals surface area contributed by atoms with Crippen molar-refractivity contribution in [3.63, 3.8) is 0 Å². The number of halogens is 3. The lowest BCUT2D eigenvalue weighted by Crippen LogP contribution is -2.02. The number of benzene rings is 2. The minimum Gasteiger partial charge on any atom is -0.506 e. The molecule has 0 fully saturated rings. The Hall–Kier alpha value is -2.77. The number of rotatable bonds is 2. The molecule has 0 radical (unpaired) electrons. The maximum absolute atomic E-state index is 13.6. The molecule has 2 rings (SSSR count). The summed E-state index contributed by atoms with van der Waals surface area (Å²) in [6.45, 7) is 0. The van der Waals surface area contributed by atoms with Crippen molar-refractivity contribution >= 4 is 11.4 Å². The summed E-state index contributed by atoms with van der Waals surface area (Å²) in [4.78, 5) is 0. The molecule has 0 unspecified atom stereocenters. The molecule has 0 amide bonds. The van der Waals surface area contributed by atoms with Crippen molar-refractivity contribution in [3.05, 3.63) is 35.7 Å². The molecule has 0 aliphatic heterocycles. The van der Waals surface area contributed by atoms with E-state index in [1.54, 1.807) is 0 Å². The van der Waals surface area contributed by atoms with Crippen molar-refractivity contribution in [1.29, 1.82) is 0 Å². The van der Waals surface area contributed by atoms with Gasteiger partial charge in [-0.25, -0.2) is 4.39 Å². The van der Waals surface area contributed by atoms with E-state index in [0.29, 0.717) is 0 Å². The summed E-state index contributed by atoms with van der Waals surface area (Å²) in [6.07, 6.45) is 0. The van der Waals surface area contributed by atoms with Crippen LogP contribution < -0.4 is 16.2 Å². The topological polar surface area (TPSA) is 102 Å². The Morgan fingerprint density at radius 3 is 2.20 bits per heavy atom. The number of nitrogen functional groups attached to an aromatic ring is 2. The third-order valence-electron chi connectivity index (χ3n) is 2.51. The van der Waals surface area contributed by atoms with Gasteiger partial charge in [-0.05, 0) is 12.1 Å². The average molecular weight is 286 g/mol. The molecule has 2 aromatic carbocycles. The van der Waals surface area contributed by atoms with Crippen LogP contribution in [0.1, 0.15) is 0 Å². The summed E-state index contributed by atoms with van der Waals surface area (Å²) in [5.74, 6) is -7.94. The predicted octanol–water partition coefficient (Wildman–Crippen LogP) is 2.47. The molecule has 0 saturated carbocycles. The third kappa shape index (κ3) is 2.11. The van der Waals surface area contributed by atoms with Crippen LogP contribution in [-0.4, -0.2) is 10.2 Å². The van der Waals surface area contributed by atoms with E-state index in [-0.39, 0.29) is 17.2 Å². The van der Waals surface area contributed by atoms with Crippen LogP contribution in [0.25, 0.3) is 0 Å². The Balaban J connectivity index is 2.51. The number of aromatic hydroxyl groups is 2. The fourth-order valence-corrected chi connectivity index (χ4v) is 1.44. The van der Waals surface area contributed by atoms with E-state index in [4.69, 9.17) is 16.2 Å². The first-order valence-electron chi connectivity index (χ1n) is 5.24. The van der Waals surface area contributed by atoms with Crippen LogP contribution in [0.2, 0.25) is 0 Å². The molecule has 8 heteroatoms. The quantitative estimate of drug-likeness (QED) is 0.386. The first-order valence-corrected chi connectivity index (χ1v) is 5.24. The van der Waals surface area contributed by atoms with Gasteiger partial charge in [0, 0.05) is 6.07 Å². The SMILES string of the molecule is Nc1ccc(Oc2c(F)c(O)c(N)c(F)c2F)cc1O. The molecule has 0 aliphatic carbocycles. The predicted molar refractivity (Wildman–Crippen MR) is 65.0 cm³/mol. The smallest absolute Gasteiger partial charge is 0.212 e. The van der Waals surface area contributed by atoms with Gasteiger partial charge in [0.25, 0.3) is 0 Å². The van der Waals surface area contributed by atoms with Crippen molar-refractivity contribution < 1.29 is 28.1 Å². The normalized spacial score (nSPS) is 10.6. The molecule has 0 atom stereocenters. The zero-order valence-electron chi connectivity index (χ0n) is 9.82. The molecule has 106 valence electrons. The number of phenolic OH excluding ortho intramolecular Hbond substituents is 2. The molecule has 0 saturated heterocycles. The molecule has 0 heterocycles. The van der Waals surface area contributed by atoms with E-state index in [0.717, 1.165) is 6.07 Å². The molecule has 6 N–H and O–H groups in total. The minimum atomic E-state index is -1.70.